The van der Waals surface area contributed by atoms with Gasteiger partial charge in [-0.25, -0.2) is 5.43 Å². The highest BCUT2D eigenvalue weighted by molar-refractivity contribution is 5.94. The van der Waals surface area contributed by atoms with E-state index in [4.69, 9.17) is 4.74 Å². The molecule has 138 valence electrons. The second-order valence-electron chi connectivity index (χ2n) is 6.12. The van der Waals surface area contributed by atoms with E-state index >= 15 is 0 Å². The van der Waals surface area contributed by atoms with E-state index < -0.39 is 0 Å². The van der Waals surface area contributed by atoms with Crippen molar-refractivity contribution in [2.75, 3.05) is 6.61 Å². The van der Waals surface area contributed by atoms with Crippen LogP contribution < -0.4 is 10.2 Å². The Morgan fingerprint density at radius 1 is 1.04 bits per heavy atom. The van der Waals surface area contributed by atoms with E-state index in [1.165, 1.54) is 32.1 Å². The Bertz CT molecular complexity index is 669. The number of hydrogen-bond donors (Lipinski definition) is 1. The summed E-state index contributed by atoms with van der Waals surface area (Å²) in [5, 5.41) is 3.97. The molecular weight excluding hydrogens is 326 g/mol. The van der Waals surface area contributed by atoms with E-state index in [2.05, 4.69) is 22.4 Å². The molecule has 2 rings (SSSR count). The van der Waals surface area contributed by atoms with Crippen molar-refractivity contribution in [3.05, 3.63) is 59.9 Å². The highest BCUT2D eigenvalue weighted by atomic mass is 16.5. The molecule has 0 atom stereocenters. The lowest BCUT2D eigenvalue weighted by Crippen LogP contribution is -2.17. The first-order chi connectivity index (χ1) is 12.8. The zero-order valence-corrected chi connectivity index (χ0v) is 15.4. The minimum Gasteiger partial charge on any atom is -0.494 e. The Balaban J connectivity index is 1.67. The maximum absolute atomic E-state index is 11.8. The van der Waals surface area contributed by atoms with Crippen molar-refractivity contribution in [2.45, 2.75) is 45.4 Å². The van der Waals surface area contributed by atoms with Crippen LogP contribution in [0.2, 0.25) is 0 Å². The number of amides is 1. The van der Waals surface area contributed by atoms with Crippen molar-refractivity contribution in [2.24, 2.45) is 5.10 Å². The molecule has 0 saturated heterocycles. The van der Waals surface area contributed by atoms with Crippen LogP contribution in [0, 0.1) is 0 Å². The molecule has 0 bridgehead atoms. The molecule has 1 N–H and O–H groups in total. The maximum atomic E-state index is 11.8. The summed E-state index contributed by atoms with van der Waals surface area (Å²) in [6.07, 6.45) is 12.3. The molecule has 1 aromatic carbocycles. The van der Waals surface area contributed by atoms with Crippen molar-refractivity contribution in [3.8, 4) is 5.75 Å². The predicted octanol–water partition coefficient (Wildman–Crippen LogP) is 4.58. The molecule has 1 aromatic heterocycles. The first-order valence-corrected chi connectivity index (χ1v) is 9.26. The summed E-state index contributed by atoms with van der Waals surface area (Å²) in [6, 6.07) is 10.9. The molecule has 0 saturated carbocycles. The van der Waals surface area contributed by atoms with Gasteiger partial charge in [0.1, 0.15) is 5.75 Å². The monoisotopic (exact) mass is 353 g/mol. The average molecular weight is 353 g/mol. The Kier molecular flexibility index (Phi) is 8.90. The Hall–Kier alpha value is -2.69. The van der Waals surface area contributed by atoms with Crippen molar-refractivity contribution in [3.63, 3.8) is 0 Å². The number of unbranched alkanes of at least 4 members (excludes halogenated alkanes) is 5. The number of aromatic nitrogens is 1. The van der Waals surface area contributed by atoms with E-state index in [-0.39, 0.29) is 5.91 Å². The smallest absolute Gasteiger partial charge is 0.271 e. The first kappa shape index (κ1) is 19.6. The highest BCUT2D eigenvalue weighted by Gasteiger charge is 2.02. The average Bonchev–Trinajstić information content (AvgIpc) is 2.69. The number of benzene rings is 1. The molecule has 2 aromatic rings. The maximum Gasteiger partial charge on any atom is 0.271 e. The van der Waals surface area contributed by atoms with Crippen LogP contribution in [0.5, 0.6) is 5.75 Å². The highest BCUT2D eigenvalue weighted by Crippen LogP contribution is 2.12. The molecule has 0 aliphatic carbocycles. The van der Waals surface area contributed by atoms with Crippen molar-refractivity contribution in [1.29, 1.82) is 0 Å². The predicted molar refractivity (Wildman–Crippen MR) is 105 cm³/mol. The SMILES string of the molecule is CCCCCCCCOc1ccc(C=NNC(=O)c2ccncc2)cc1. The van der Waals surface area contributed by atoms with Crippen LogP contribution in [0.4, 0.5) is 0 Å². The van der Waals surface area contributed by atoms with Gasteiger partial charge in [-0.1, -0.05) is 39.0 Å². The van der Waals surface area contributed by atoms with Gasteiger partial charge in [0.15, 0.2) is 0 Å². The Labute approximate surface area is 155 Å². The molecule has 5 heteroatoms. The third-order valence-corrected chi connectivity index (χ3v) is 3.97. The lowest BCUT2D eigenvalue weighted by molar-refractivity contribution is 0.0955. The summed E-state index contributed by atoms with van der Waals surface area (Å²) in [5.41, 5.74) is 3.92. The van der Waals surface area contributed by atoms with E-state index in [9.17, 15) is 4.79 Å². The summed E-state index contributed by atoms with van der Waals surface area (Å²) < 4.78 is 5.75. The fraction of sp³-hybridized carbons (Fsp3) is 0.381. The van der Waals surface area contributed by atoms with Gasteiger partial charge in [0, 0.05) is 18.0 Å². The van der Waals surface area contributed by atoms with Crippen LogP contribution >= 0.6 is 0 Å². The largest absolute Gasteiger partial charge is 0.494 e. The van der Waals surface area contributed by atoms with Crippen LogP contribution in [0.15, 0.2) is 53.9 Å². The number of pyridine rings is 1. The topological polar surface area (TPSA) is 63.6 Å². The summed E-state index contributed by atoms with van der Waals surface area (Å²) in [7, 11) is 0. The Morgan fingerprint density at radius 2 is 1.73 bits per heavy atom. The van der Waals surface area contributed by atoms with Gasteiger partial charge in [0.25, 0.3) is 5.91 Å². The molecule has 0 aliphatic rings. The number of hydrazone groups is 1. The third-order valence-electron chi connectivity index (χ3n) is 3.97. The van der Waals surface area contributed by atoms with Gasteiger partial charge in [0.05, 0.1) is 12.8 Å². The molecule has 1 amide bonds. The number of hydrogen-bond acceptors (Lipinski definition) is 4. The zero-order chi connectivity index (χ0) is 18.5. The number of ether oxygens (including phenoxy) is 1. The van der Waals surface area contributed by atoms with E-state index in [0.29, 0.717) is 5.56 Å². The molecule has 0 aliphatic heterocycles. The molecule has 0 unspecified atom stereocenters. The van der Waals surface area contributed by atoms with E-state index in [1.54, 1.807) is 30.7 Å². The van der Waals surface area contributed by atoms with Gasteiger partial charge in [0.2, 0.25) is 0 Å². The molecule has 1 heterocycles. The number of rotatable bonds is 11. The van der Waals surface area contributed by atoms with Gasteiger partial charge in [-0.2, -0.15) is 5.10 Å². The number of carbonyl (C=O) groups excluding carboxylic acids is 1. The summed E-state index contributed by atoms with van der Waals surface area (Å²) >= 11 is 0. The number of nitrogens with one attached hydrogen (secondary N) is 1. The second-order valence-corrected chi connectivity index (χ2v) is 6.12. The molecule has 0 spiro atoms. The third kappa shape index (κ3) is 7.47. The minimum absolute atomic E-state index is 0.262. The second kappa shape index (κ2) is 11.8. The fourth-order valence-corrected chi connectivity index (χ4v) is 2.46. The molecule has 0 radical (unpaired) electrons. The standard InChI is InChI=1S/C21H27N3O2/c1-2-3-4-5-6-7-16-26-20-10-8-18(9-11-20)17-23-24-21(25)19-12-14-22-15-13-19/h8-15,17H,2-7,16H2,1H3,(H,24,25). The van der Waals surface area contributed by atoms with Crippen LogP contribution in [-0.4, -0.2) is 23.7 Å². The number of nitrogens with zero attached hydrogens (tertiary/aromatic N) is 2. The first-order valence-electron chi connectivity index (χ1n) is 9.26. The fourth-order valence-electron chi connectivity index (χ4n) is 2.46. The van der Waals surface area contributed by atoms with Gasteiger partial charge in [-0.15, -0.1) is 0 Å². The lowest BCUT2D eigenvalue weighted by Gasteiger charge is -2.06. The van der Waals surface area contributed by atoms with Gasteiger partial charge < -0.3 is 4.74 Å². The molecule has 0 fully saturated rings. The molecular formula is C21H27N3O2. The van der Waals surface area contributed by atoms with Crippen LogP contribution in [0.25, 0.3) is 0 Å². The summed E-state index contributed by atoms with van der Waals surface area (Å²) in [5.74, 6) is 0.596. The van der Waals surface area contributed by atoms with Crippen molar-refractivity contribution in [1.82, 2.24) is 10.4 Å². The van der Waals surface area contributed by atoms with Gasteiger partial charge >= 0.3 is 0 Å². The minimum atomic E-state index is -0.262. The summed E-state index contributed by atoms with van der Waals surface area (Å²) in [4.78, 5) is 15.7. The van der Waals surface area contributed by atoms with Crippen molar-refractivity contribution >= 4 is 12.1 Å². The zero-order valence-electron chi connectivity index (χ0n) is 15.4. The molecule has 5 nitrogen and oxygen atoms in total. The van der Waals surface area contributed by atoms with Crippen LogP contribution in [-0.2, 0) is 0 Å². The van der Waals surface area contributed by atoms with Crippen LogP contribution in [0.1, 0.15) is 61.4 Å². The molecule has 26 heavy (non-hydrogen) atoms. The van der Waals surface area contributed by atoms with E-state index in [1.807, 2.05) is 24.3 Å². The van der Waals surface area contributed by atoms with Gasteiger partial charge in [-0.05, 0) is 48.4 Å². The number of carbonyl (C=O) groups is 1. The quantitative estimate of drug-likeness (QED) is 0.365. The normalized spacial score (nSPS) is 10.8. The summed E-state index contributed by atoms with van der Waals surface area (Å²) in [6.45, 7) is 2.98. The van der Waals surface area contributed by atoms with E-state index in [0.717, 1.165) is 24.3 Å². The Morgan fingerprint density at radius 3 is 2.46 bits per heavy atom. The van der Waals surface area contributed by atoms with Gasteiger partial charge in [-0.3, -0.25) is 9.78 Å². The van der Waals surface area contributed by atoms with Crippen LogP contribution in [0.3, 0.4) is 0 Å². The lowest BCUT2D eigenvalue weighted by atomic mass is 10.1. The van der Waals surface area contributed by atoms with Crippen molar-refractivity contribution < 1.29 is 9.53 Å².